The smallest absolute Gasteiger partial charge is 0.107 e. The minimum absolute atomic E-state index is 0.334. The average molecular weight is 323 g/mol. The number of hydrogen-bond donors (Lipinski definition) is 0. The van der Waals surface area contributed by atoms with E-state index in [0.29, 0.717) is 64.6 Å². The second-order valence-electron chi connectivity index (χ2n) is 3.30. The van der Waals surface area contributed by atoms with Crippen LogP contribution in [0.2, 0.25) is 0 Å². The molecule has 114 valence electrons. The molecule has 6 heteroatoms. The Hall–Kier alpha value is -0.460. The van der Waals surface area contributed by atoms with Gasteiger partial charge in [0.05, 0.1) is 51.4 Å². The first-order valence-electron chi connectivity index (χ1n) is 6.26. The molecule has 0 rings (SSSR count). The van der Waals surface area contributed by atoms with E-state index in [1.165, 1.54) is 0 Å². The molecule has 0 aromatic heterocycles. The zero-order valence-corrected chi connectivity index (χ0v) is 13.0. The van der Waals surface area contributed by atoms with Crippen LogP contribution in [0.5, 0.6) is 0 Å². The van der Waals surface area contributed by atoms with Crippen molar-refractivity contribution in [2.75, 3.05) is 64.6 Å². The molecule has 20 heavy (non-hydrogen) atoms. The summed E-state index contributed by atoms with van der Waals surface area (Å²) in [6.07, 6.45) is 0. The van der Waals surface area contributed by atoms with E-state index in [1.54, 1.807) is 0 Å². The molecule has 0 aliphatic heterocycles. The summed E-state index contributed by atoms with van der Waals surface area (Å²) >= 11 is 10.8. The summed E-state index contributed by atoms with van der Waals surface area (Å²) in [6.45, 7) is 3.91. The molecular formula is C14H20Cl2O4. The van der Waals surface area contributed by atoms with Crippen molar-refractivity contribution in [2.45, 2.75) is 0 Å². The zero-order valence-electron chi connectivity index (χ0n) is 11.5. The third kappa shape index (κ3) is 17.5. The molecule has 0 unspecified atom stereocenters. The first kappa shape index (κ1) is 19.5. The Morgan fingerprint density at radius 2 is 0.850 bits per heavy atom. The van der Waals surface area contributed by atoms with E-state index in [0.717, 1.165) is 0 Å². The first-order chi connectivity index (χ1) is 9.91. The van der Waals surface area contributed by atoms with Crippen LogP contribution in [0, 0.1) is 23.7 Å². The molecule has 0 heterocycles. The maximum absolute atomic E-state index is 5.38. The molecule has 0 spiro atoms. The molecule has 0 aromatic rings. The first-order valence-corrected chi connectivity index (χ1v) is 7.33. The molecule has 0 aromatic carbocycles. The van der Waals surface area contributed by atoms with Crippen LogP contribution in [0.4, 0.5) is 0 Å². The fourth-order valence-corrected chi connectivity index (χ4v) is 1.19. The highest BCUT2D eigenvalue weighted by atomic mass is 35.5. The number of rotatable bonds is 11. The van der Waals surface area contributed by atoms with Gasteiger partial charge in [-0.1, -0.05) is 23.7 Å². The highest BCUT2D eigenvalue weighted by Crippen LogP contribution is 1.82. The summed E-state index contributed by atoms with van der Waals surface area (Å²) in [4.78, 5) is 0. The van der Waals surface area contributed by atoms with Crippen molar-refractivity contribution < 1.29 is 18.9 Å². The molecule has 0 saturated carbocycles. The molecule has 0 aliphatic rings. The summed E-state index contributed by atoms with van der Waals surface area (Å²) in [5, 5.41) is 0. The van der Waals surface area contributed by atoms with Gasteiger partial charge >= 0.3 is 0 Å². The largest absolute Gasteiger partial charge is 0.377 e. The maximum atomic E-state index is 5.38. The van der Waals surface area contributed by atoms with E-state index < -0.39 is 0 Å². The topological polar surface area (TPSA) is 36.9 Å². The molecule has 0 N–H and O–H groups in total. The monoisotopic (exact) mass is 322 g/mol. The van der Waals surface area contributed by atoms with Gasteiger partial charge < -0.3 is 18.9 Å². The van der Waals surface area contributed by atoms with Crippen molar-refractivity contribution in [1.82, 2.24) is 0 Å². The number of hydrogen-bond acceptors (Lipinski definition) is 4. The van der Waals surface area contributed by atoms with Crippen LogP contribution < -0.4 is 0 Å². The lowest BCUT2D eigenvalue weighted by molar-refractivity contribution is 0.00485. The van der Waals surface area contributed by atoms with Crippen LogP contribution in [0.1, 0.15) is 0 Å². The minimum Gasteiger partial charge on any atom is -0.377 e. The van der Waals surface area contributed by atoms with Crippen molar-refractivity contribution in [1.29, 1.82) is 0 Å². The molecule has 0 bridgehead atoms. The van der Waals surface area contributed by atoms with Crippen molar-refractivity contribution in [3.8, 4) is 23.7 Å². The fourth-order valence-electron chi connectivity index (χ4n) is 1.00. The van der Waals surface area contributed by atoms with Crippen LogP contribution in [-0.2, 0) is 18.9 Å². The molecule has 4 nitrogen and oxygen atoms in total. The number of alkyl halides is 2. The molecule has 0 saturated heterocycles. The molecule has 0 amide bonds. The highest BCUT2D eigenvalue weighted by molar-refractivity contribution is 6.19. The maximum Gasteiger partial charge on any atom is 0.107 e. The minimum atomic E-state index is 0.334. The Kier molecular flexibility index (Phi) is 18.1. The lowest BCUT2D eigenvalue weighted by atomic mass is 10.6. The average Bonchev–Trinajstić information content (AvgIpc) is 2.47. The van der Waals surface area contributed by atoms with E-state index in [-0.39, 0.29) is 0 Å². The molecule has 0 atom stereocenters. The van der Waals surface area contributed by atoms with E-state index in [1.807, 2.05) is 0 Å². The molecular weight excluding hydrogens is 303 g/mol. The van der Waals surface area contributed by atoms with Crippen molar-refractivity contribution >= 4 is 23.2 Å². The van der Waals surface area contributed by atoms with Gasteiger partial charge in [-0.2, -0.15) is 0 Å². The molecule has 0 fully saturated rings. The Balaban J connectivity index is 3.02. The van der Waals surface area contributed by atoms with Crippen molar-refractivity contribution in [3.63, 3.8) is 0 Å². The summed E-state index contributed by atoms with van der Waals surface area (Å²) in [5.74, 6) is 11.6. The summed E-state index contributed by atoms with van der Waals surface area (Å²) in [6, 6.07) is 0. The lowest BCUT2D eigenvalue weighted by Crippen LogP contribution is -2.12. The predicted octanol–water partition coefficient (Wildman–Crippen LogP) is 1.54. The van der Waals surface area contributed by atoms with Crippen LogP contribution >= 0.6 is 23.2 Å². The fraction of sp³-hybridized carbons (Fsp3) is 0.714. The SMILES string of the molecule is ClCC#CCOCCOCCOCCOCC#CCCl. The van der Waals surface area contributed by atoms with E-state index in [4.69, 9.17) is 42.1 Å². The second-order valence-corrected chi connectivity index (χ2v) is 3.84. The molecule has 0 aliphatic carbocycles. The van der Waals surface area contributed by atoms with E-state index >= 15 is 0 Å². The summed E-state index contributed by atoms with van der Waals surface area (Å²) < 4.78 is 21.0. The van der Waals surface area contributed by atoms with Gasteiger partial charge in [0.2, 0.25) is 0 Å². The van der Waals surface area contributed by atoms with Gasteiger partial charge in [-0.05, 0) is 0 Å². The highest BCUT2D eigenvalue weighted by Gasteiger charge is 1.91. The predicted molar refractivity (Wildman–Crippen MR) is 80.3 cm³/mol. The number of ether oxygens (including phenoxy) is 4. The van der Waals surface area contributed by atoms with Gasteiger partial charge in [-0.25, -0.2) is 0 Å². The summed E-state index contributed by atoms with van der Waals surface area (Å²) in [5.41, 5.74) is 0. The lowest BCUT2D eigenvalue weighted by Gasteiger charge is -2.05. The third-order valence-corrected chi connectivity index (χ3v) is 2.12. The van der Waals surface area contributed by atoms with Crippen LogP contribution in [-0.4, -0.2) is 64.6 Å². The Labute approximate surface area is 131 Å². The van der Waals surface area contributed by atoms with Gasteiger partial charge in [0.15, 0.2) is 0 Å². The Morgan fingerprint density at radius 1 is 0.500 bits per heavy atom. The quantitative estimate of drug-likeness (QED) is 0.328. The van der Waals surface area contributed by atoms with Crippen molar-refractivity contribution in [2.24, 2.45) is 0 Å². The Bertz CT molecular complexity index is 283. The van der Waals surface area contributed by atoms with Gasteiger partial charge in [0.1, 0.15) is 13.2 Å². The standard InChI is InChI=1S/C14H20Cl2O4/c15-5-1-3-7-17-9-11-19-13-14-20-12-10-18-8-4-2-6-16/h5-14H2. The second kappa shape index (κ2) is 18.5. The van der Waals surface area contributed by atoms with Crippen LogP contribution in [0.3, 0.4) is 0 Å². The number of halogens is 2. The van der Waals surface area contributed by atoms with Gasteiger partial charge in [-0.3, -0.25) is 0 Å². The van der Waals surface area contributed by atoms with Gasteiger partial charge in [0, 0.05) is 0 Å². The van der Waals surface area contributed by atoms with E-state index in [9.17, 15) is 0 Å². The third-order valence-electron chi connectivity index (χ3n) is 1.85. The van der Waals surface area contributed by atoms with Crippen LogP contribution in [0.25, 0.3) is 0 Å². The zero-order chi connectivity index (χ0) is 14.7. The van der Waals surface area contributed by atoms with Gasteiger partial charge in [-0.15, -0.1) is 23.2 Å². The van der Waals surface area contributed by atoms with Crippen molar-refractivity contribution in [3.05, 3.63) is 0 Å². The van der Waals surface area contributed by atoms with E-state index in [2.05, 4.69) is 23.7 Å². The summed E-state index contributed by atoms with van der Waals surface area (Å²) in [7, 11) is 0. The normalized spacial score (nSPS) is 9.50. The Morgan fingerprint density at radius 3 is 1.20 bits per heavy atom. The van der Waals surface area contributed by atoms with Crippen LogP contribution in [0.15, 0.2) is 0 Å². The molecule has 0 radical (unpaired) electrons. The van der Waals surface area contributed by atoms with Gasteiger partial charge in [0.25, 0.3) is 0 Å².